The zero-order valence-corrected chi connectivity index (χ0v) is 14.7. The first-order chi connectivity index (χ1) is 12.4. The quantitative estimate of drug-likeness (QED) is 0.828. The van der Waals surface area contributed by atoms with Crippen LogP contribution in [0.4, 0.5) is 4.39 Å². The van der Waals surface area contributed by atoms with Crippen molar-refractivity contribution in [2.24, 2.45) is 0 Å². The van der Waals surface area contributed by atoms with Gasteiger partial charge in [0, 0.05) is 17.7 Å². The molecule has 0 unspecified atom stereocenters. The normalized spacial score (nSPS) is 14.0. The van der Waals surface area contributed by atoms with Gasteiger partial charge in [-0.3, -0.25) is 4.79 Å². The molecule has 0 fully saturated rings. The molecule has 1 aliphatic heterocycles. The number of nitrogens with one attached hydrogen (secondary N) is 1. The lowest BCUT2D eigenvalue weighted by molar-refractivity contribution is -0.114. The predicted molar refractivity (Wildman–Crippen MR) is 92.8 cm³/mol. The highest BCUT2D eigenvalue weighted by Crippen LogP contribution is 2.32. The summed E-state index contributed by atoms with van der Waals surface area (Å²) in [6.45, 7) is 2.22. The molecule has 6 nitrogen and oxygen atoms in total. The molecular formula is C18H16FNO5S. The van der Waals surface area contributed by atoms with Gasteiger partial charge in [0.1, 0.15) is 19.0 Å². The van der Waals surface area contributed by atoms with E-state index in [1.54, 1.807) is 6.07 Å². The van der Waals surface area contributed by atoms with E-state index in [-0.39, 0.29) is 10.5 Å². The molecule has 0 saturated heterocycles. The van der Waals surface area contributed by atoms with Crippen molar-refractivity contribution in [3.05, 3.63) is 59.9 Å². The number of hydrogen-bond donors (Lipinski definition) is 1. The minimum absolute atomic E-state index is 0.132. The Labute approximate surface area is 150 Å². The van der Waals surface area contributed by atoms with Crippen molar-refractivity contribution in [2.75, 3.05) is 13.2 Å². The van der Waals surface area contributed by atoms with Gasteiger partial charge in [-0.2, -0.15) is 0 Å². The number of sulfonamides is 1. The first kappa shape index (κ1) is 17.9. The maximum Gasteiger partial charge on any atom is 0.264 e. The van der Waals surface area contributed by atoms with E-state index in [0.717, 1.165) is 6.08 Å². The van der Waals surface area contributed by atoms with E-state index in [1.165, 1.54) is 43.3 Å². The lowest BCUT2D eigenvalue weighted by atomic mass is 10.1. The first-order valence-electron chi connectivity index (χ1n) is 7.76. The third-order valence-corrected chi connectivity index (χ3v) is 5.05. The average Bonchev–Trinajstić information content (AvgIpc) is 2.61. The molecule has 0 aromatic heterocycles. The summed E-state index contributed by atoms with van der Waals surface area (Å²) < 4.78 is 51.1. The van der Waals surface area contributed by atoms with Crippen molar-refractivity contribution in [1.29, 1.82) is 0 Å². The predicted octanol–water partition coefficient (Wildman–Crippen LogP) is 2.51. The summed E-state index contributed by atoms with van der Waals surface area (Å²) in [6.07, 6.45) is 1.04. The van der Waals surface area contributed by atoms with Crippen molar-refractivity contribution in [1.82, 2.24) is 4.72 Å². The van der Waals surface area contributed by atoms with Crippen molar-refractivity contribution in [3.63, 3.8) is 0 Å². The summed E-state index contributed by atoms with van der Waals surface area (Å²) in [7, 11) is -4.10. The van der Waals surface area contributed by atoms with Gasteiger partial charge in [0.15, 0.2) is 11.5 Å². The Balaban J connectivity index is 1.80. The van der Waals surface area contributed by atoms with Crippen LogP contribution in [0.15, 0.2) is 53.4 Å². The van der Waals surface area contributed by atoms with Crippen LogP contribution in [0.1, 0.15) is 12.5 Å². The fraction of sp³-hybridized carbons (Fsp3) is 0.167. The Morgan fingerprint density at radius 3 is 2.54 bits per heavy atom. The van der Waals surface area contributed by atoms with E-state index in [9.17, 15) is 17.6 Å². The molecule has 0 bridgehead atoms. The van der Waals surface area contributed by atoms with E-state index >= 15 is 0 Å². The number of carbonyl (C=O) groups excluding carboxylic acids is 1. The molecule has 1 N–H and O–H groups in total. The molecule has 2 aromatic rings. The molecule has 1 heterocycles. The Bertz CT molecular complexity index is 985. The van der Waals surface area contributed by atoms with Crippen molar-refractivity contribution >= 4 is 21.5 Å². The van der Waals surface area contributed by atoms with Crippen LogP contribution in [-0.4, -0.2) is 27.5 Å². The maximum atomic E-state index is 13.7. The number of benzene rings is 2. The topological polar surface area (TPSA) is 81.7 Å². The number of ether oxygens (including phenoxy) is 2. The number of halogens is 1. The summed E-state index contributed by atoms with van der Waals surface area (Å²) in [4.78, 5) is 11.9. The van der Waals surface area contributed by atoms with Crippen LogP contribution in [0.3, 0.4) is 0 Å². The summed E-state index contributed by atoms with van der Waals surface area (Å²) in [5, 5.41) is 0. The molecule has 3 rings (SSSR count). The van der Waals surface area contributed by atoms with Gasteiger partial charge in [-0.15, -0.1) is 0 Å². The average molecular weight is 377 g/mol. The van der Waals surface area contributed by atoms with Crippen LogP contribution in [0.5, 0.6) is 11.5 Å². The Kier molecular flexibility index (Phi) is 4.94. The third kappa shape index (κ3) is 3.85. The molecule has 136 valence electrons. The lowest BCUT2D eigenvalue weighted by Crippen LogP contribution is -2.29. The highest BCUT2D eigenvalue weighted by atomic mass is 32.2. The molecule has 2 aromatic carbocycles. The van der Waals surface area contributed by atoms with Gasteiger partial charge in [0.05, 0.1) is 4.90 Å². The fourth-order valence-corrected chi connectivity index (χ4v) is 3.42. The number of hydrogen-bond acceptors (Lipinski definition) is 5. The number of allylic oxidation sites excluding steroid dienone is 1. The Hall–Kier alpha value is -2.87. The summed E-state index contributed by atoms with van der Waals surface area (Å²) in [6, 6.07) is 9.99. The second-order valence-electron chi connectivity index (χ2n) is 5.58. The molecule has 8 heteroatoms. The van der Waals surface area contributed by atoms with Crippen LogP contribution < -0.4 is 14.2 Å². The number of amides is 1. The van der Waals surface area contributed by atoms with Crippen LogP contribution >= 0.6 is 0 Å². The maximum absolute atomic E-state index is 13.7. The zero-order chi connectivity index (χ0) is 18.7. The number of fused-ring (bicyclic) bond motifs is 1. The molecule has 26 heavy (non-hydrogen) atoms. The molecule has 0 aliphatic carbocycles. The molecule has 1 aliphatic rings. The fourth-order valence-electron chi connectivity index (χ4n) is 2.47. The first-order valence-corrected chi connectivity index (χ1v) is 9.25. The zero-order valence-electron chi connectivity index (χ0n) is 13.9. The van der Waals surface area contributed by atoms with E-state index < -0.39 is 21.7 Å². The molecule has 0 atom stereocenters. The van der Waals surface area contributed by atoms with E-state index in [4.69, 9.17) is 9.47 Å². The van der Waals surface area contributed by atoms with Gasteiger partial charge >= 0.3 is 0 Å². The molecule has 0 spiro atoms. The smallest absolute Gasteiger partial charge is 0.264 e. The van der Waals surface area contributed by atoms with Crippen LogP contribution in [0.25, 0.3) is 5.57 Å². The molecular weight excluding hydrogens is 361 g/mol. The third-order valence-electron chi connectivity index (χ3n) is 3.71. The van der Waals surface area contributed by atoms with Gasteiger partial charge in [-0.1, -0.05) is 18.2 Å². The monoisotopic (exact) mass is 377 g/mol. The Morgan fingerprint density at radius 1 is 1.12 bits per heavy atom. The summed E-state index contributed by atoms with van der Waals surface area (Å²) >= 11 is 0. The highest BCUT2D eigenvalue weighted by molar-refractivity contribution is 7.90. The van der Waals surface area contributed by atoms with E-state index in [2.05, 4.69) is 0 Å². The SMILES string of the molecule is C/C(=C\C(=O)NS(=O)(=O)c1ccc2c(c1)OCCO2)c1ccccc1F. The molecule has 0 radical (unpaired) electrons. The van der Waals surface area contributed by atoms with E-state index in [0.29, 0.717) is 30.3 Å². The number of carbonyl (C=O) groups is 1. The lowest BCUT2D eigenvalue weighted by Gasteiger charge is -2.18. The summed E-state index contributed by atoms with van der Waals surface area (Å²) in [5.74, 6) is -0.633. The molecule has 0 saturated carbocycles. The van der Waals surface area contributed by atoms with Crippen molar-refractivity contribution < 1.29 is 27.1 Å². The second kappa shape index (κ2) is 7.17. The van der Waals surface area contributed by atoms with Crippen molar-refractivity contribution in [2.45, 2.75) is 11.8 Å². The van der Waals surface area contributed by atoms with Crippen molar-refractivity contribution in [3.8, 4) is 11.5 Å². The number of rotatable bonds is 4. The van der Waals surface area contributed by atoms with Gasteiger partial charge in [0.2, 0.25) is 0 Å². The van der Waals surface area contributed by atoms with E-state index in [1.807, 2.05) is 4.72 Å². The van der Waals surface area contributed by atoms with Crippen LogP contribution in [-0.2, 0) is 14.8 Å². The van der Waals surface area contributed by atoms with Crippen LogP contribution in [0.2, 0.25) is 0 Å². The second-order valence-corrected chi connectivity index (χ2v) is 7.26. The van der Waals surface area contributed by atoms with Gasteiger partial charge < -0.3 is 9.47 Å². The van der Waals surface area contributed by atoms with Gasteiger partial charge in [-0.05, 0) is 30.7 Å². The Morgan fingerprint density at radius 2 is 1.81 bits per heavy atom. The summed E-state index contributed by atoms with van der Waals surface area (Å²) in [5.41, 5.74) is 0.525. The largest absolute Gasteiger partial charge is 0.486 e. The van der Waals surface area contributed by atoms with Gasteiger partial charge in [0.25, 0.3) is 15.9 Å². The molecule has 1 amide bonds. The minimum atomic E-state index is -4.10. The highest BCUT2D eigenvalue weighted by Gasteiger charge is 2.21. The minimum Gasteiger partial charge on any atom is -0.486 e. The van der Waals surface area contributed by atoms with Crippen LogP contribution in [0, 0.1) is 5.82 Å². The standard InChI is InChI=1S/C18H16FNO5S/c1-12(14-4-2-3-5-15(14)19)10-18(21)20-26(22,23)13-6-7-16-17(11-13)25-9-8-24-16/h2-7,10-11H,8-9H2,1H3,(H,20,21)/b12-10+. The van der Waals surface area contributed by atoms with Gasteiger partial charge in [-0.25, -0.2) is 17.5 Å².